The zero-order valence-corrected chi connectivity index (χ0v) is 13.2. The van der Waals surface area contributed by atoms with Crippen LogP contribution in [0.25, 0.3) is 10.9 Å². The van der Waals surface area contributed by atoms with Gasteiger partial charge in [0.1, 0.15) is 5.69 Å². The molecule has 8 heteroatoms. The molecule has 1 aliphatic heterocycles. The number of nitro groups is 1. The monoisotopic (exact) mass is 317 g/mol. The van der Waals surface area contributed by atoms with E-state index in [2.05, 4.69) is 14.9 Å². The Morgan fingerprint density at radius 3 is 2.91 bits per heavy atom. The van der Waals surface area contributed by atoms with Crippen LogP contribution in [-0.2, 0) is 0 Å². The first-order chi connectivity index (χ1) is 11.0. The number of anilines is 1. The first-order valence-corrected chi connectivity index (χ1v) is 7.54. The van der Waals surface area contributed by atoms with Gasteiger partial charge >= 0.3 is 0 Å². The molecule has 0 radical (unpaired) electrons. The highest BCUT2D eigenvalue weighted by molar-refractivity contribution is 5.87. The van der Waals surface area contributed by atoms with Gasteiger partial charge in [0.15, 0.2) is 0 Å². The van der Waals surface area contributed by atoms with Crippen molar-refractivity contribution in [3.63, 3.8) is 0 Å². The average molecular weight is 317 g/mol. The van der Waals surface area contributed by atoms with Crippen LogP contribution in [0.3, 0.4) is 0 Å². The van der Waals surface area contributed by atoms with Crippen LogP contribution in [0.1, 0.15) is 12.8 Å². The first kappa shape index (κ1) is 15.4. The number of hydrogen-bond acceptors (Lipinski definition) is 6. The number of rotatable bonds is 3. The molecule has 23 heavy (non-hydrogen) atoms. The lowest BCUT2D eigenvalue weighted by Crippen LogP contribution is -2.45. The lowest BCUT2D eigenvalue weighted by atomic mass is 10.0. The van der Waals surface area contributed by atoms with E-state index in [4.69, 9.17) is 0 Å². The van der Waals surface area contributed by atoms with E-state index in [1.165, 1.54) is 12.4 Å². The minimum atomic E-state index is -0.430. The SMILES string of the molecule is CN(C)C1CCCN(c2cc3nc[nH]c(=O)c3cc2[N+](=O)[O-])C1. The molecule has 0 saturated carbocycles. The number of nitrogens with one attached hydrogen (secondary N) is 1. The summed E-state index contributed by atoms with van der Waals surface area (Å²) < 4.78 is 0. The van der Waals surface area contributed by atoms with Crippen molar-refractivity contribution in [2.24, 2.45) is 0 Å². The Morgan fingerprint density at radius 1 is 1.43 bits per heavy atom. The molecule has 1 aromatic heterocycles. The highest BCUT2D eigenvalue weighted by atomic mass is 16.6. The predicted octanol–water partition coefficient (Wildman–Crippen LogP) is 1.36. The molecular formula is C15H19N5O3. The summed E-state index contributed by atoms with van der Waals surface area (Å²) in [5.41, 5.74) is 0.596. The van der Waals surface area contributed by atoms with Crippen LogP contribution < -0.4 is 10.5 Å². The maximum Gasteiger partial charge on any atom is 0.293 e. The Hall–Kier alpha value is -2.48. The smallest absolute Gasteiger partial charge is 0.293 e. The van der Waals surface area contributed by atoms with Gasteiger partial charge in [0.25, 0.3) is 11.2 Å². The number of benzene rings is 1. The summed E-state index contributed by atoms with van der Waals surface area (Å²) in [4.78, 5) is 33.6. The summed E-state index contributed by atoms with van der Waals surface area (Å²) in [6.45, 7) is 1.49. The lowest BCUT2D eigenvalue weighted by Gasteiger charge is -2.37. The molecule has 122 valence electrons. The normalized spacial score (nSPS) is 18.6. The number of piperidine rings is 1. The van der Waals surface area contributed by atoms with Crippen molar-refractivity contribution < 1.29 is 4.92 Å². The number of H-pyrrole nitrogens is 1. The molecule has 1 N–H and O–H groups in total. The van der Waals surface area contributed by atoms with Crippen molar-refractivity contribution in [1.82, 2.24) is 14.9 Å². The van der Waals surface area contributed by atoms with E-state index in [0.29, 0.717) is 17.2 Å². The quantitative estimate of drug-likeness (QED) is 0.678. The highest BCUT2D eigenvalue weighted by Crippen LogP contribution is 2.33. The molecule has 0 spiro atoms. The van der Waals surface area contributed by atoms with Gasteiger partial charge in [-0.25, -0.2) is 4.98 Å². The van der Waals surface area contributed by atoms with Crippen LogP contribution in [0.5, 0.6) is 0 Å². The summed E-state index contributed by atoms with van der Waals surface area (Å²) in [6.07, 6.45) is 3.36. The largest absolute Gasteiger partial charge is 0.364 e. The molecule has 2 heterocycles. The van der Waals surface area contributed by atoms with Crippen molar-refractivity contribution in [2.75, 3.05) is 32.1 Å². The minimum absolute atomic E-state index is 0.0459. The summed E-state index contributed by atoms with van der Waals surface area (Å²) in [7, 11) is 4.04. The van der Waals surface area contributed by atoms with Crippen LogP contribution in [0.4, 0.5) is 11.4 Å². The van der Waals surface area contributed by atoms with Crippen molar-refractivity contribution in [3.05, 3.63) is 38.9 Å². The average Bonchev–Trinajstić information content (AvgIpc) is 2.54. The Kier molecular flexibility index (Phi) is 3.99. The summed E-state index contributed by atoms with van der Waals surface area (Å²) >= 11 is 0. The number of hydrogen-bond donors (Lipinski definition) is 1. The van der Waals surface area contributed by atoms with E-state index in [9.17, 15) is 14.9 Å². The van der Waals surface area contributed by atoms with Gasteiger partial charge in [-0.05, 0) is 33.0 Å². The van der Waals surface area contributed by atoms with Gasteiger partial charge in [-0.15, -0.1) is 0 Å². The third-order valence-electron chi connectivity index (χ3n) is 4.40. The molecule has 8 nitrogen and oxygen atoms in total. The lowest BCUT2D eigenvalue weighted by molar-refractivity contribution is -0.384. The molecule has 1 unspecified atom stereocenters. The molecule has 0 bridgehead atoms. The molecule has 0 amide bonds. The molecule has 3 rings (SSSR count). The third kappa shape index (κ3) is 2.89. The standard InChI is InChI=1S/C15H19N5O3/c1-18(2)10-4-3-5-19(8-10)13-7-12-11(6-14(13)20(22)23)15(21)17-9-16-12/h6-7,9-10H,3-5,8H2,1-2H3,(H,16,17,21). The van der Waals surface area contributed by atoms with Crippen LogP contribution in [-0.4, -0.2) is 53.0 Å². The molecule has 1 fully saturated rings. The zero-order chi connectivity index (χ0) is 16.6. The zero-order valence-electron chi connectivity index (χ0n) is 13.2. The molecule has 2 aromatic rings. The van der Waals surface area contributed by atoms with Crippen LogP contribution in [0.2, 0.25) is 0 Å². The van der Waals surface area contributed by atoms with Crippen LogP contribution in [0, 0.1) is 10.1 Å². The molecule has 1 aliphatic rings. The van der Waals surface area contributed by atoms with Crippen molar-refractivity contribution in [3.8, 4) is 0 Å². The number of aromatic nitrogens is 2. The van der Waals surface area contributed by atoms with E-state index in [-0.39, 0.29) is 16.6 Å². The third-order valence-corrected chi connectivity index (χ3v) is 4.40. The number of nitrogens with zero attached hydrogens (tertiary/aromatic N) is 4. The fourth-order valence-corrected chi connectivity index (χ4v) is 3.09. The fourth-order valence-electron chi connectivity index (χ4n) is 3.09. The van der Waals surface area contributed by atoms with Crippen molar-refractivity contribution >= 4 is 22.3 Å². The second-order valence-corrected chi connectivity index (χ2v) is 6.05. The predicted molar refractivity (Wildman–Crippen MR) is 87.9 cm³/mol. The van der Waals surface area contributed by atoms with Gasteiger partial charge in [0.2, 0.25) is 0 Å². The second-order valence-electron chi connectivity index (χ2n) is 6.05. The molecule has 1 atom stereocenters. The van der Waals surface area contributed by atoms with E-state index >= 15 is 0 Å². The molecular weight excluding hydrogens is 298 g/mol. The minimum Gasteiger partial charge on any atom is -0.364 e. The second kappa shape index (κ2) is 5.96. The Morgan fingerprint density at radius 2 is 2.22 bits per heavy atom. The first-order valence-electron chi connectivity index (χ1n) is 7.54. The topological polar surface area (TPSA) is 95.4 Å². The summed E-state index contributed by atoms with van der Waals surface area (Å²) in [5.74, 6) is 0. The number of likely N-dealkylation sites (N-methyl/N-ethyl adjacent to an activating group) is 1. The van der Waals surface area contributed by atoms with E-state index < -0.39 is 4.92 Å². The fraction of sp³-hybridized carbons (Fsp3) is 0.467. The van der Waals surface area contributed by atoms with Gasteiger partial charge in [0.05, 0.1) is 22.2 Å². The van der Waals surface area contributed by atoms with Gasteiger partial charge in [-0.3, -0.25) is 14.9 Å². The number of nitro benzene ring substituents is 1. The Labute approximate surface area is 132 Å². The van der Waals surface area contributed by atoms with E-state index in [1.54, 1.807) is 6.07 Å². The van der Waals surface area contributed by atoms with Gasteiger partial charge in [-0.2, -0.15) is 0 Å². The molecule has 1 saturated heterocycles. The van der Waals surface area contributed by atoms with Gasteiger partial charge in [-0.1, -0.05) is 0 Å². The maximum absolute atomic E-state index is 11.8. The summed E-state index contributed by atoms with van der Waals surface area (Å²) in [5, 5.41) is 11.7. The van der Waals surface area contributed by atoms with Gasteiger partial charge < -0.3 is 14.8 Å². The van der Waals surface area contributed by atoms with E-state index in [0.717, 1.165) is 25.9 Å². The maximum atomic E-state index is 11.8. The molecule has 0 aliphatic carbocycles. The van der Waals surface area contributed by atoms with Crippen LogP contribution >= 0.6 is 0 Å². The van der Waals surface area contributed by atoms with Crippen LogP contribution in [0.15, 0.2) is 23.3 Å². The number of fused-ring (bicyclic) bond motifs is 1. The number of aromatic amines is 1. The summed E-state index contributed by atoms with van der Waals surface area (Å²) in [6, 6.07) is 3.34. The Balaban J connectivity index is 2.10. The van der Waals surface area contributed by atoms with E-state index in [1.807, 2.05) is 19.0 Å². The van der Waals surface area contributed by atoms with Crippen molar-refractivity contribution in [2.45, 2.75) is 18.9 Å². The van der Waals surface area contributed by atoms with Gasteiger partial charge in [0, 0.05) is 25.2 Å². The highest BCUT2D eigenvalue weighted by Gasteiger charge is 2.27. The Bertz CT molecular complexity index is 801. The molecule has 1 aromatic carbocycles. The van der Waals surface area contributed by atoms with Crippen molar-refractivity contribution in [1.29, 1.82) is 0 Å².